The summed E-state index contributed by atoms with van der Waals surface area (Å²) in [6, 6.07) is 12.9. The molecule has 1 aromatic carbocycles. The molecule has 0 radical (unpaired) electrons. The van der Waals surface area contributed by atoms with E-state index in [1.54, 1.807) is 23.1 Å². The molecule has 6 heteroatoms. The summed E-state index contributed by atoms with van der Waals surface area (Å²) >= 11 is 3.31. The number of carbonyl (C=O) groups is 1. The fourth-order valence-electron chi connectivity index (χ4n) is 4.09. The summed E-state index contributed by atoms with van der Waals surface area (Å²) in [4.78, 5) is 26.8. The van der Waals surface area contributed by atoms with Gasteiger partial charge in [0.05, 0.1) is 5.25 Å². The van der Waals surface area contributed by atoms with Crippen LogP contribution < -0.4 is 0 Å². The lowest BCUT2D eigenvalue weighted by Gasteiger charge is -2.33. The van der Waals surface area contributed by atoms with Crippen molar-refractivity contribution in [3.8, 4) is 0 Å². The lowest BCUT2D eigenvalue weighted by atomic mass is 9.90. The van der Waals surface area contributed by atoms with Crippen LogP contribution in [-0.4, -0.2) is 39.1 Å². The van der Waals surface area contributed by atoms with Crippen LogP contribution in [0.4, 0.5) is 0 Å². The molecule has 1 unspecified atom stereocenters. The van der Waals surface area contributed by atoms with E-state index in [1.807, 2.05) is 13.8 Å². The van der Waals surface area contributed by atoms with Crippen LogP contribution in [0.5, 0.6) is 0 Å². The van der Waals surface area contributed by atoms with Crippen LogP contribution in [0.1, 0.15) is 43.0 Å². The predicted octanol–water partition coefficient (Wildman–Crippen LogP) is 5.52. The third-order valence-electron chi connectivity index (χ3n) is 5.80. The third kappa shape index (κ3) is 4.86. The van der Waals surface area contributed by atoms with E-state index in [2.05, 4.69) is 58.2 Å². The fraction of sp³-hybridized carbons (Fsp3) is 0.458. The van der Waals surface area contributed by atoms with E-state index in [4.69, 9.17) is 0 Å². The van der Waals surface area contributed by atoms with Gasteiger partial charge in [-0.25, -0.2) is 9.97 Å². The van der Waals surface area contributed by atoms with Gasteiger partial charge in [0.15, 0.2) is 0 Å². The van der Waals surface area contributed by atoms with Crippen LogP contribution in [0.25, 0.3) is 10.2 Å². The van der Waals surface area contributed by atoms with Crippen LogP contribution in [0.2, 0.25) is 0 Å². The van der Waals surface area contributed by atoms with Crippen molar-refractivity contribution in [3.05, 3.63) is 52.7 Å². The Balaban J connectivity index is 1.38. The second-order valence-electron chi connectivity index (χ2n) is 8.08. The summed E-state index contributed by atoms with van der Waals surface area (Å²) < 4.78 is 0. The highest BCUT2D eigenvalue weighted by Gasteiger charge is 2.27. The average molecular weight is 440 g/mol. The molecule has 2 aromatic heterocycles. The van der Waals surface area contributed by atoms with E-state index in [-0.39, 0.29) is 11.2 Å². The van der Waals surface area contributed by atoms with Crippen molar-refractivity contribution in [2.45, 2.75) is 56.7 Å². The lowest BCUT2D eigenvalue weighted by Crippen LogP contribution is -2.42. The number of rotatable bonds is 6. The summed E-state index contributed by atoms with van der Waals surface area (Å²) in [7, 11) is 0. The molecule has 0 N–H and O–H groups in total. The molecule has 3 heterocycles. The minimum atomic E-state index is -0.141. The number of hydrogen-bond donors (Lipinski definition) is 0. The summed E-state index contributed by atoms with van der Waals surface area (Å²) in [6.45, 7) is 7.82. The maximum atomic E-state index is 13.1. The number of thioether (sulfide) groups is 1. The number of fused-ring (bicyclic) bond motifs is 1. The SMILES string of the molecule is CCc1cc2c(SC(C)C(=O)N3CCC(Cc4ccccc4)CC3)nc(C)nc2s1. The minimum absolute atomic E-state index is 0.141. The van der Waals surface area contributed by atoms with Crippen molar-refractivity contribution in [1.82, 2.24) is 14.9 Å². The second-order valence-corrected chi connectivity index (χ2v) is 10.5. The Kier molecular flexibility index (Phi) is 6.74. The van der Waals surface area contributed by atoms with E-state index in [1.165, 1.54) is 10.4 Å². The third-order valence-corrected chi connectivity index (χ3v) is 8.06. The molecule has 0 saturated carbocycles. The Hall–Kier alpha value is -1.92. The molecule has 1 saturated heterocycles. The molecule has 1 aliphatic rings. The van der Waals surface area contributed by atoms with Crippen molar-refractivity contribution in [3.63, 3.8) is 0 Å². The first-order valence-electron chi connectivity index (χ1n) is 10.8. The van der Waals surface area contributed by atoms with Gasteiger partial charge in [-0.3, -0.25) is 4.79 Å². The molecule has 158 valence electrons. The van der Waals surface area contributed by atoms with Crippen LogP contribution in [0, 0.1) is 12.8 Å². The van der Waals surface area contributed by atoms with Crippen molar-refractivity contribution < 1.29 is 4.79 Å². The molecular weight excluding hydrogens is 410 g/mol. The van der Waals surface area contributed by atoms with E-state index >= 15 is 0 Å². The maximum Gasteiger partial charge on any atom is 0.235 e. The Morgan fingerprint density at radius 2 is 1.97 bits per heavy atom. The highest BCUT2D eigenvalue weighted by molar-refractivity contribution is 8.00. The maximum absolute atomic E-state index is 13.1. The number of benzene rings is 1. The van der Waals surface area contributed by atoms with Crippen molar-refractivity contribution in [1.29, 1.82) is 0 Å². The second kappa shape index (κ2) is 9.48. The highest BCUT2D eigenvalue weighted by atomic mass is 32.2. The van der Waals surface area contributed by atoms with Crippen molar-refractivity contribution >= 4 is 39.2 Å². The predicted molar refractivity (Wildman–Crippen MR) is 126 cm³/mol. The van der Waals surface area contributed by atoms with Crippen molar-refractivity contribution in [2.24, 2.45) is 5.92 Å². The van der Waals surface area contributed by atoms with Gasteiger partial charge in [0.2, 0.25) is 5.91 Å². The number of hydrogen-bond acceptors (Lipinski definition) is 5. The van der Waals surface area contributed by atoms with Gasteiger partial charge in [-0.1, -0.05) is 49.0 Å². The van der Waals surface area contributed by atoms with Gasteiger partial charge < -0.3 is 4.90 Å². The van der Waals surface area contributed by atoms with Crippen molar-refractivity contribution in [2.75, 3.05) is 13.1 Å². The number of carbonyl (C=O) groups excluding carboxylic acids is 1. The summed E-state index contributed by atoms with van der Waals surface area (Å²) in [5.74, 6) is 1.67. The number of aryl methyl sites for hydroxylation is 2. The first-order valence-corrected chi connectivity index (χ1v) is 12.5. The van der Waals surface area contributed by atoms with E-state index in [0.717, 1.165) is 59.8 Å². The zero-order valence-corrected chi connectivity index (χ0v) is 19.6. The molecule has 0 bridgehead atoms. The van der Waals surface area contributed by atoms with Gasteiger partial charge in [0.1, 0.15) is 15.7 Å². The molecule has 4 rings (SSSR count). The van der Waals surface area contributed by atoms with E-state index in [0.29, 0.717) is 5.92 Å². The summed E-state index contributed by atoms with van der Waals surface area (Å²) in [6.07, 6.45) is 4.28. The normalized spacial score (nSPS) is 16.2. The van der Waals surface area contributed by atoms with Gasteiger partial charge in [-0.2, -0.15) is 0 Å². The molecule has 1 amide bonds. The molecule has 3 aromatic rings. The average Bonchev–Trinajstić information content (AvgIpc) is 3.18. The number of piperidine rings is 1. The zero-order chi connectivity index (χ0) is 21.1. The molecule has 1 aliphatic heterocycles. The van der Waals surface area contributed by atoms with Gasteiger partial charge in [0, 0.05) is 23.4 Å². The Morgan fingerprint density at radius 3 is 2.67 bits per heavy atom. The topological polar surface area (TPSA) is 46.1 Å². The molecule has 1 atom stereocenters. The molecule has 1 fully saturated rings. The monoisotopic (exact) mass is 439 g/mol. The quantitative estimate of drug-likeness (QED) is 0.374. The number of aromatic nitrogens is 2. The molecular formula is C24H29N3OS2. The first-order chi connectivity index (χ1) is 14.5. The first kappa shape index (κ1) is 21.3. The zero-order valence-electron chi connectivity index (χ0n) is 17.9. The molecule has 4 nitrogen and oxygen atoms in total. The number of amides is 1. The standard InChI is InChI=1S/C24H29N3OS2/c1-4-20-15-21-22(25-17(3)26-23(21)30-20)29-16(2)24(28)27-12-10-19(11-13-27)14-18-8-6-5-7-9-18/h5-9,15-16,19H,4,10-14H2,1-3H3. The van der Waals surface area contributed by atoms with Gasteiger partial charge in [-0.05, 0) is 57.1 Å². The van der Waals surface area contributed by atoms with Crippen LogP contribution >= 0.6 is 23.1 Å². The fourth-order valence-corrected chi connectivity index (χ4v) is 6.22. The number of likely N-dealkylation sites (tertiary alicyclic amines) is 1. The summed E-state index contributed by atoms with van der Waals surface area (Å²) in [5, 5.41) is 1.89. The molecule has 30 heavy (non-hydrogen) atoms. The molecule has 0 spiro atoms. The van der Waals surface area contributed by atoms with Gasteiger partial charge in [0.25, 0.3) is 0 Å². The Bertz CT molecular complexity index is 1010. The van der Waals surface area contributed by atoms with Crippen LogP contribution in [0.15, 0.2) is 41.4 Å². The van der Waals surface area contributed by atoms with E-state index in [9.17, 15) is 4.79 Å². The van der Waals surface area contributed by atoms with Crippen LogP contribution in [-0.2, 0) is 17.6 Å². The van der Waals surface area contributed by atoms with Gasteiger partial charge >= 0.3 is 0 Å². The summed E-state index contributed by atoms with van der Waals surface area (Å²) in [5.41, 5.74) is 1.40. The van der Waals surface area contributed by atoms with Gasteiger partial charge in [-0.15, -0.1) is 11.3 Å². The number of thiophene rings is 1. The smallest absolute Gasteiger partial charge is 0.235 e. The largest absolute Gasteiger partial charge is 0.342 e. The Labute approximate surface area is 187 Å². The van der Waals surface area contributed by atoms with E-state index < -0.39 is 0 Å². The number of nitrogens with zero attached hydrogens (tertiary/aromatic N) is 3. The highest BCUT2D eigenvalue weighted by Crippen LogP contribution is 2.34. The molecule has 0 aliphatic carbocycles. The Morgan fingerprint density at radius 1 is 1.23 bits per heavy atom. The minimum Gasteiger partial charge on any atom is -0.342 e. The van der Waals surface area contributed by atoms with Crippen LogP contribution in [0.3, 0.4) is 0 Å². The lowest BCUT2D eigenvalue weighted by molar-refractivity contribution is -0.131.